The van der Waals surface area contributed by atoms with E-state index in [-0.39, 0.29) is 0 Å². The molecule has 1 heterocycles. The van der Waals surface area contributed by atoms with Gasteiger partial charge in [0.15, 0.2) is 0 Å². The highest BCUT2D eigenvalue weighted by Crippen LogP contribution is 2.33. The number of rotatable bonds is 4. The highest BCUT2D eigenvalue weighted by atomic mass is 79.9. The summed E-state index contributed by atoms with van der Waals surface area (Å²) in [5.41, 5.74) is 5.09. The van der Waals surface area contributed by atoms with Crippen molar-refractivity contribution >= 4 is 39.4 Å². The molecule has 0 fully saturated rings. The van der Waals surface area contributed by atoms with Crippen LogP contribution in [0.3, 0.4) is 0 Å². The Kier molecular flexibility index (Phi) is 5.30. The summed E-state index contributed by atoms with van der Waals surface area (Å²) >= 11 is 9.79. The van der Waals surface area contributed by atoms with Gasteiger partial charge in [-0.05, 0) is 60.1 Å². The van der Waals surface area contributed by atoms with Crippen LogP contribution in [0, 0.1) is 13.8 Å². The Morgan fingerprint density at radius 3 is 2.48 bits per heavy atom. The van der Waals surface area contributed by atoms with E-state index in [1.807, 2.05) is 30.5 Å². The lowest BCUT2D eigenvalue weighted by Crippen LogP contribution is -1.99. The maximum absolute atomic E-state index is 6.08. The van der Waals surface area contributed by atoms with Crippen LogP contribution in [0.25, 0.3) is 5.69 Å². The number of benzene rings is 2. The molecule has 0 aliphatic heterocycles. The monoisotopic (exact) mass is 416 g/mol. The molecule has 0 radical (unpaired) electrons. The minimum atomic E-state index is 0.627. The van der Waals surface area contributed by atoms with Crippen molar-refractivity contribution in [1.29, 1.82) is 0 Å². The molecule has 0 unspecified atom stereocenters. The Bertz CT molecular complexity index is 933. The van der Waals surface area contributed by atoms with Gasteiger partial charge in [0.2, 0.25) is 0 Å². The van der Waals surface area contributed by atoms with E-state index in [2.05, 4.69) is 51.5 Å². The molecule has 2 aromatic carbocycles. The molecule has 0 saturated carbocycles. The number of aliphatic imine (C=N–C) groups is 1. The lowest BCUT2D eigenvalue weighted by Gasteiger charge is -2.09. The van der Waals surface area contributed by atoms with Crippen LogP contribution in [0.15, 0.2) is 58.0 Å². The predicted molar refractivity (Wildman–Crippen MR) is 108 cm³/mol. The van der Waals surface area contributed by atoms with Crippen molar-refractivity contribution in [2.75, 3.05) is 7.11 Å². The average molecular weight is 418 g/mol. The zero-order valence-electron chi connectivity index (χ0n) is 14.3. The van der Waals surface area contributed by atoms with E-state index in [1.54, 1.807) is 19.2 Å². The number of para-hydroxylation sites is 1. The Morgan fingerprint density at radius 1 is 1.08 bits per heavy atom. The molecule has 1 aromatic heterocycles. The largest absolute Gasteiger partial charge is 0.494 e. The van der Waals surface area contributed by atoms with Crippen LogP contribution in [-0.4, -0.2) is 17.9 Å². The third-order valence-electron chi connectivity index (χ3n) is 4.10. The van der Waals surface area contributed by atoms with Gasteiger partial charge < -0.3 is 9.30 Å². The number of halogens is 2. The van der Waals surface area contributed by atoms with Crippen LogP contribution in [0.4, 0.5) is 5.69 Å². The number of hydrogen-bond acceptors (Lipinski definition) is 2. The molecule has 3 nitrogen and oxygen atoms in total. The summed E-state index contributed by atoms with van der Waals surface area (Å²) in [5, 5.41) is 0.627. The van der Waals surface area contributed by atoms with Gasteiger partial charge in [0, 0.05) is 38.3 Å². The first kappa shape index (κ1) is 17.8. The lowest BCUT2D eigenvalue weighted by atomic mass is 10.2. The number of hydrogen-bond donors (Lipinski definition) is 0. The Hall–Kier alpha value is -2.04. The molecule has 0 N–H and O–H groups in total. The normalized spacial score (nSPS) is 11.2. The fraction of sp³-hybridized carbons (Fsp3) is 0.150. The molecule has 0 bridgehead atoms. The molecule has 0 amide bonds. The van der Waals surface area contributed by atoms with E-state index >= 15 is 0 Å². The average Bonchev–Trinajstić information content (AvgIpc) is 2.83. The van der Waals surface area contributed by atoms with Crippen LogP contribution in [0.1, 0.15) is 17.0 Å². The van der Waals surface area contributed by atoms with Crippen molar-refractivity contribution < 1.29 is 4.74 Å². The fourth-order valence-electron chi connectivity index (χ4n) is 2.84. The van der Waals surface area contributed by atoms with Gasteiger partial charge in [0.25, 0.3) is 0 Å². The van der Waals surface area contributed by atoms with E-state index in [0.717, 1.165) is 27.1 Å². The van der Waals surface area contributed by atoms with Crippen LogP contribution >= 0.6 is 27.5 Å². The molecule has 3 aromatic rings. The van der Waals surface area contributed by atoms with Gasteiger partial charge in [-0.3, -0.25) is 4.99 Å². The van der Waals surface area contributed by atoms with Crippen LogP contribution in [0.2, 0.25) is 5.02 Å². The quantitative estimate of drug-likeness (QED) is 0.459. The smallest absolute Gasteiger partial charge is 0.144 e. The summed E-state index contributed by atoms with van der Waals surface area (Å²) in [6.07, 6.45) is 1.85. The first-order chi connectivity index (χ1) is 12.0. The molecule has 0 aliphatic carbocycles. The highest BCUT2D eigenvalue weighted by Gasteiger charge is 2.15. The summed E-state index contributed by atoms with van der Waals surface area (Å²) in [5.74, 6) is 0.689. The maximum atomic E-state index is 6.08. The Labute approximate surface area is 161 Å². The van der Waals surface area contributed by atoms with Crippen LogP contribution < -0.4 is 4.74 Å². The van der Waals surface area contributed by atoms with Crippen molar-refractivity contribution in [3.05, 3.63) is 75.0 Å². The van der Waals surface area contributed by atoms with Crippen molar-refractivity contribution in [3.8, 4) is 11.4 Å². The number of nitrogens with zero attached hydrogens (tertiary/aromatic N) is 2. The molecule has 0 saturated heterocycles. The van der Waals surface area contributed by atoms with E-state index in [1.165, 1.54) is 0 Å². The van der Waals surface area contributed by atoms with Gasteiger partial charge in [-0.25, -0.2) is 0 Å². The third-order valence-corrected chi connectivity index (χ3v) is 5.34. The minimum absolute atomic E-state index is 0.627. The zero-order valence-corrected chi connectivity index (χ0v) is 16.6. The number of aromatic nitrogens is 1. The molecule has 25 heavy (non-hydrogen) atoms. The van der Waals surface area contributed by atoms with Crippen LogP contribution in [-0.2, 0) is 0 Å². The minimum Gasteiger partial charge on any atom is -0.494 e. The summed E-state index contributed by atoms with van der Waals surface area (Å²) in [4.78, 5) is 4.60. The van der Waals surface area contributed by atoms with Gasteiger partial charge in [0.05, 0.1) is 7.11 Å². The van der Waals surface area contributed by atoms with Crippen molar-refractivity contribution in [1.82, 2.24) is 4.57 Å². The SMILES string of the molecule is COc1ccc(Cl)cc1N=Cc1c(Br)c(C)n(-c2ccccc2)c1C. The summed E-state index contributed by atoms with van der Waals surface area (Å²) in [6, 6.07) is 15.7. The van der Waals surface area contributed by atoms with E-state index in [0.29, 0.717) is 16.5 Å². The van der Waals surface area contributed by atoms with Gasteiger partial charge in [-0.15, -0.1) is 0 Å². The molecular weight excluding hydrogens is 400 g/mol. The van der Waals surface area contributed by atoms with Crippen LogP contribution in [0.5, 0.6) is 5.75 Å². The fourth-order valence-corrected chi connectivity index (χ4v) is 3.57. The summed E-state index contributed by atoms with van der Waals surface area (Å²) in [6.45, 7) is 4.17. The van der Waals surface area contributed by atoms with Crippen molar-refractivity contribution in [2.24, 2.45) is 4.99 Å². The Morgan fingerprint density at radius 2 is 1.80 bits per heavy atom. The Balaban J connectivity index is 2.06. The van der Waals surface area contributed by atoms with Gasteiger partial charge in [0.1, 0.15) is 11.4 Å². The number of methoxy groups -OCH3 is 1. The van der Waals surface area contributed by atoms with Gasteiger partial charge >= 0.3 is 0 Å². The molecule has 0 spiro atoms. The lowest BCUT2D eigenvalue weighted by molar-refractivity contribution is 0.416. The molecule has 0 aliphatic rings. The molecule has 5 heteroatoms. The third kappa shape index (κ3) is 3.51. The van der Waals surface area contributed by atoms with E-state index < -0.39 is 0 Å². The first-order valence-corrected chi connectivity index (χ1v) is 9.00. The second-order valence-electron chi connectivity index (χ2n) is 5.64. The standard InChI is InChI=1S/C20H18BrClN2O/c1-13-17(12-23-18-11-15(22)9-10-19(18)25-3)20(21)14(2)24(13)16-7-5-4-6-8-16/h4-12H,1-3H3. The number of ether oxygens (including phenoxy) is 1. The van der Waals surface area contributed by atoms with E-state index in [9.17, 15) is 0 Å². The second-order valence-corrected chi connectivity index (χ2v) is 6.87. The molecule has 128 valence electrons. The zero-order chi connectivity index (χ0) is 18.0. The molecule has 0 atom stereocenters. The summed E-state index contributed by atoms with van der Waals surface area (Å²) in [7, 11) is 1.62. The molecular formula is C20H18BrClN2O. The van der Waals surface area contributed by atoms with Gasteiger partial charge in [-0.2, -0.15) is 0 Å². The molecule has 3 rings (SSSR count). The summed E-state index contributed by atoms with van der Waals surface area (Å²) < 4.78 is 8.59. The van der Waals surface area contributed by atoms with Crippen molar-refractivity contribution in [2.45, 2.75) is 13.8 Å². The first-order valence-electron chi connectivity index (χ1n) is 7.83. The van der Waals surface area contributed by atoms with Crippen molar-refractivity contribution in [3.63, 3.8) is 0 Å². The van der Waals surface area contributed by atoms with Gasteiger partial charge in [-0.1, -0.05) is 29.8 Å². The topological polar surface area (TPSA) is 26.5 Å². The van der Waals surface area contributed by atoms with E-state index in [4.69, 9.17) is 16.3 Å². The second kappa shape index (κ2) is 7.46. The maximum Gasteiger partial charge on any atom is 0.144 e. The predicted octanol–water partition coefficient (Wildman–Crippen LogP) is 6.27. The highest BCUT2D eigenvalue weighted by molar-refractivity contribution is 9.10.